The summed E-state index contributed by atoms with van der Waals surface area (Å²) in [5.74, 6) is -0.331. The monoisotopic (exact) mass is 336 g/mol. The number of pyridine rings is 2. The molecule has 0 bridgehead atoms. The van der Waals surface area contributed by atoms with Crippen molar-refractivity contribution in [1.82, 2.24) is 9.97 Å². The van der Waals surface area contributed by atoms with Crippen LogP contribution in [0.1, 0.15) is 0 Å². The zero-order valence-electron chi connectivity index (χ0n) is 9.57. The number of rotatable bonds is 1. The molecule has 0 saturated carbocycles. The van der Waals surface area contributed by atoms with Crippen molar-refractivity contribution in [2.24, 2.45) is 0 Å². The summed E-state index contributed by atoms with van der Waals surface area (Å²) >= 11 is 9.55. The third-order valence-electron chi connectivity index (χ3n) is 2.73. The predicted molar refractivity (Wildman–Crippen MR) is 77.6 cm³/mol. The molecule has 0 spiro atoms. The number of nitrogens with zero attached hydrogens (tertiary/aromatic N) is 2. The zero-order valence-corrected chi connectivity index (χ0v) is 11.9. The molecule has 5 heteroatoms. The van der Waals surface area contributed by atoms with Crippen molar-refractivity contribution >= 4 is 38.6 Å². The minimum absolute atomic E-state index is 0.331. The lowest BCUT2D eigenvalue weighted by molar-refractivity contribution is 0.631. The fourth-order valence-electron chi connectivity index (χ4n) is 1.85. The average Bonchev–Trinajstić information content (AvgIpc) is 2.40. The summed E-state index contributed by atoms with van der Waals surface area (Å²) < 4.78 is 14.6. The summed E-state index contributed by atoms with van der Waals surface area (Å²) in [7, 11) is 0. The smallest absolute Gasteiger partial charge is 0.161 e. The van der Waals surface area contributed by atoms with Crippen molar-refractivity contribution in [1.29, 1.82) is 0 Å². The Morgan fingerprint density at radius 1 is 1.16 bits per heavy atom. The molecule has 1 aromatic carbocycles. The first-order chi connectivity index (χ1) is 9.15. The van der Waals surface area contributed by atoms with Gasteiger partial charge < -0.3 is 0 Å². The lowest BCUT2D eigenvalue weighted by Crippen LogP contribution is -1.91. The van der Waals surface area contributed by atoms with Gasteiger partial charge in [0.25, 0.3) is 0 Å². The maximum Gasteiger partial charge on any atom is 0.161 e. The number of benzene rings is 1. The molecule has 2 nitrogen and oxygen atoms in total. The standard InChI is InChI=1S/C14H7BrClFN2/c15-8-5-10-11(16)6-13(19-14(10)18-7-8)9-3-1-2-4-12(9)17/h1-7H. The van der Waals surface area contributed by atoms with Gasteiger partial charge in [-0.15, -0.1) is 0 Å². The van der Waals surface area contributed by atoms with Crippen LogP contribution in [0.3, 0.4) is 0 Å². The molecule has 2 heterocycles. The van der Waals surface area contributed by atoms with Gasteiger partial charge in [0.1, 0.15) is 5.82 Å². The molecule has 3 aromatic rings. The average molecular weight is 338 g/mol. The van der Waals surface area contributed by atoms with E-state index < -0.39 is 0 Å². The predicted octanol–water partition coefficient (Wildman–Crippen LogP) is 4.85. The van der Waals surface area contributed by atoms with E-state index in [0.29, 0.717) is 21.9 Å². The van der Waals surface area contributed by atoms with Gasteiger partial charge >= 0.3 is 0 Å². The van der Waals surface area contributed by atoms with E-state index in [1.165, 1.54) is 6.07 Å². The van der Waals surface area contributed by atoms with E-state index in [-0.39, 0.29) is 5.82 Å². The van der Waals surface area contributed by atoms with Crippen LogP contribution in [0.5, 0.6) is 0 Å². The van der Waals surface area contributed by atoms with E-state index in [1.54, 1.807) is 30.5 Å². The highest BCUT2D eigenvalue weighted by Crippen LogP contribution is 2.29. The van der Waals surface area contributed by atoms with Gasteiger partial charge in [-0.2, -0.15) is 0 Å². The Balaban J connectivity index is 2.27. The minimum Gasteiger partial charge on any atom is -0.235 e. The fourth-order valence-corrected chi connectivity index (χ4v) is 2.42. The number of hydrogen-bond acceptors (Lipinski definition) is 2. The Labute approximate surface area is 122 Å². The lowest BCUT2D eigenvalue weighted by Gasteiger charge is -2.06. The molecule has 0 saturated heterocycles. The van der Waals surface area contributed by atoms with E-state index in [2.05, 4.69) is 25.9 Å². The van der Waals surface area contributed by atoms with E-state index in [0.717, 1.165) is 9.86 Å². The summed E-state index contributed by atoms with van der Waals surface area (Å²) in [6.07, 6.45) is 1.64. The van der Waals surface area contributed by atoms with Gasteiger partial charge in [0, 0.05) is 21.6 Å². The molecule has 0 fully saturated rings. The molecular formula is C14H7BrClFN2. The summed E-state index contributed by atoms with van der Waals surface area (Å²) in [6, 6.07) is 9.94. The first-order valence-electron chi connectivity index (χ1n) is 5.52. The lowest BCUT2D eigenvalue weighted by atomic mass is 10.1. The summed E-state index contributed by atoms with van der Waals surface area (Å²) in [5, 5.41) is 1.23. The summed E-state index contributed by atoms with van der Waals surface area (Å²) in [4.78, 5) is 8.54. The third-order valence-corrected chi connectivity index (χ3v) is 3.48. The number of fused-ring (bicyclic) bond motifs is 1. The van der Waals surface area contributed by atoms with Crippen LogP contribution in [-0.2, 0) is 0 Å². The van der Waals surface area contributed by atoms with Gasteiger partial charge in [-0.3, -0.25) is 0 Å². The normalized spacial score (nSPS) is 10.9. The molecule has 0 N–H and O–H groups in total. The van der Waals surface area contributed by atoms with Crippen LogP contribution in [-0.4, -0.2) is 9.97 Å². The number of hydrogen-bond donors (Lipinski definition) is 0. The highest BCUT2D eigenvalue weighted by atomic mass is 79.9. The zero-order chi connectivity index (χ0) is 13.4. The second-order valence-corrected chi connectivity index (χ2v) is 5.32. The molecule has 0 aliphatic carbocycles. The van der Waals surface area contributed by atoms with Crippen molar-refractivity contribution in [2.45, 2.75) is 0 Å². The molecule has 0 radical (unpaired) electrons. The largest absolute Gasteiger partial charge is 0.235 e. The maximum absolute atomic E-state index is 13.8. The molecular weight excluding hydrogens is 331 g/mol. The SMILES string of the molecule is Fc1ccccc1-c1cc(Cl)c2cc(Br)cnc2n1. The molecule has 0 unspecified atom stereocenters. The van der Waals surface area contributed by atoms with Crippen molar-refractivity contribution in [3.05, 3.63) is 57.9 Å². The van der Waals surface area contributed by atoms with Crippen molar-refractivity contribution in [3.8, 4) is 11.3 Å². The van der Waals surface area contributed by atoms with Crippen molar-refractivity contribution in [3.63, 3.8) is 0 Å². The summed E-state index contributed by atoms with van der Waals surface area (Å²) in [6.45, 7) is 0. The van der Waals surface area contributed by atoms with E-state index >= 15 is 0 Å². The topological polar surface area (TPSA) is 25.8 Å². The van der Waals surface area contributed by atoms with Gasteiger partial charge in [0.15, 0.2) is 5.65 Å². The van der Waals surface area contributed by atoms with E-state index in [9.17, 15) is 4.39 Å². The van der Waals surface area contributed by atoms with Crippen LogP contribution in [0.2, 0.25) is 5.02 Å². The molecule has 0 amide bonds. The van der Waals surface area contributed by atoms with Gasteiger partial charge in [-0.25, -0.2) is 14.4 Å². The van der Waals surface area contributed by atoms with Gasteiger partial charge in [0.05, 0.1) is 10.7 Å². The third kappa shape index (κ3) is 2.33. The van der Waals surface area contributed by atoms with Crippen LogP contribution in [0.15, 0.2) is 47.1 Å². The van der Waals surface area contributed by atoms with Gasteiger partial charge in [0.2, 0.25) is 0 Å². The highest BCUT2D eigenvalue weighted by Gasteiger charge is 2.10. The van der Waals surface area contributed by atoms with Crippen molar-refractivity contribution < 1.29 is 4.39 Å². The van der Waals surface area contributed by atoms with E-state index in [1.807, 2.05) is 6.07 Å². The van der Waals surface area contributed by atoms with Crippen molar-refractivity contribution in [2.75, 3.05) is 0 Å². The van der Waals surface area contributed by atoms with Gasteiger partial charge in [-0.1, -0.05) is 23.7 Å². The Hall–Kier alpha value is -1.52. The molecule has 3 rings (SSSR count). The van der Waals surface area contributed by atoms with Crippen LogP contribution in [0.4, 0.5) is 4.39 Å². The number of aromatic nitrogens is 2. The second-order valence-electron chi connectivity index (χ2n) is 3.99. The molecule has 0 atom stereocenters. The van der Waals surface area contributed by atoms with Crippen LogP contribution >= 0.6 is 27.5 Å². The second kappa shape index (κ2) is 4.87. The Morgan fingerprint density at radius 2 is 1.95 bits per heavy atom. The minimum atomic E-state index is -0.331. The maximum atomic E-state index is 13.8. The van der Waals surface area contributed by atoms with Crippen LogP contribution in [0, 0.1) is 5.82 Å². The Kier molecular flexibility index (Phi) is 3.21. The fraction of sp³-hybridized carbons (Fsp3) is 0. The van der Waals surface area contributed by atoms with Crippen LogP contribution in [0.25, 0.3) is 22.3 Å². The molecule has 19 heavy (non-hydrogen) atoms. The molecule has 0 aliphatic heterocycles. The first kappa shape index (κ1) is 12.5. The van der Waals surface area contributed by atoms with Gasteiger partial charge in [-0.05, 0) is 40.2 Å². The Morgan fingerprint density at radius 3 is 2.74 bits per heavy atom. The van der Waals surface area contributed by atoms with E-state index in [4.69, 9.17) is 11.6 Å². The molecule has 0 aliphatic rings. The Bertz CT molecular complexity index is 776. The summed E-state index contributed by atoms with van der Waals surface area (Å²) in [5.41, 5.74) is 1.38. The van der Waals surface area contributed by atoms with Crippen LogP contribution < -0.4 is 0 Å². The quantitative estimate of drug-likeness (QED) is 0.634. The molecule has 94 valence electrons. The first-order valence-corrected chi connectivity index (χ1v) is 6.69. The number of halogens is 3. The molecule has 2 aromatic heterocycles. The highest BCUT2D eigenvalue weighted by molar-refractivity contribution is 9.10.